The lowest BCUT2D eigenvalue weighted by Crippen LogP contribution is -2.29. The maximum Gasteiger partial charge on any atom is 0.244 e. The summed E-state index contributed by atoms with van der Waals surface area (Å²) in [5, 5.41) is 11.9. The summed E-state index contributed by atoms with van der Waals surface area (Å²) in [5.41, 5.74) is 2.50. The Kier molecular flexibility index (Phi) is 5.18. The van der Waals surface area contributed by atoms with E-state index in [1.54, 1.807) is 6.08 Å². The minimum atomic E-state index is -0.0628. The molecule has 114 valence electrons. The number of aliphatic hydroxyl groups is 1. The summed E-state index contributed by atoms with van der Waals surface area (Å²) in [4.78, 5) is 11.8. The van der Waals surface area contributed by atoms with Gasteiger partial charge >= 0.3 is 0 Å². The van der Waals surface area contributed by atoms with Crippen molar-refractivity contribution in [3.05, 3.63) is 41.5 Å². The summed E-state index contributed by atoms with van der Waals surface area (Å²) >= 11 is 0. The van der Waals surface area contributed by atoms with Gasteiger partial charge in [0.1, 0.15) is 0 Å². The second-order valence-corrected chi connectivity index (χ2v) is 6.35. The molecule has 1 saturated carbocycles. The summed E-state index contributed by atoms with van der Waals surface area (Å²) < 4.78 is 0. The number of carbonyl (C=O) groups is 1. The molecule has 0 aliphatic heterocycles. The minimum absolute atomic E-state index is 0.0628. The lowest BCUT2D eigenvalue weighted by Gasteiger charge is -2.13. The Hall–Kier alpha value is -1.61. The van der Waals surface area contributed by atoms with Crippen molar-refractivity contribution in [2.45, 2.75) is 39.0 Å². The molecule has 2 N–H and O–H groups in total. The number of amides is 1. The van der Waals surface area contributed by atoms with Crippen LogP contribution >= 0.6 is 0 Å². The van der Waals surface area contributed by atoms with Crippen LogP contribution in [0, 0.1) is 5.41 Å². The molecule has 1 aromatic rings. The van der Waals surface area contributed by atoms with Crippen LogP contribution in [0.5, 0.6) is 0 Å². The molecule has 1 aliphatic carbocycles. The van der Waals surface area contributed by atoms with Crippen LogP contribution in [-0.4, -0.2) is 24.2 Å². The fourth-order valence-electron chi connectivity index (χ4n) is 2.43. The fraction of sp³-hybridized carbons (Fsp3) is 0.500. The zero-order chi connectivity index (χ0) is 15.3. The second-order valence-electron chi connectivity index (χ2n) is 6.35. The molecule has 3 heteroatoms. The molecule has 0 radical (unpaired) electrons. The van der Waals surface area contributed by atoms with Gasteiger partial charge in [-0.15, -0.1) is 0 Å². The standard InChI is InChI=1S/C18H25NO2/c1-14(2)16-6-3-15(4-7-16)5-8-17(21)19-13-18(9-10-18)11-12-20/h3-8,14,20H,9-13H2,1-2H3,(H,19,21)/b8-5+. The summed E-state index contributed by atoms with van der Waals surface area (Å²) in [5.74, 6) is 0.458. The lowest BCUT2D eigenvalue weighted by atomic mass is 10.0. The Bertz CT molecular complexity index is 498. The monoisotopic (exact) mass is 287 g/mol. The highest BCUT2D eigenvalue weighted by Gasteiger charge is 2.41. The molecule has 0 heterocycles. The van der Waals surface area contributed by atoms with Crippen LogP contribution in [0.4, 0.5) is 0 Å². The summed E-state index contributed by atoms with van der Waals surface area (Å²) in [6.45, 7) is 5.20. The predicted molar refractivity (Wildman–Crippen MR) is 85.9 cm³/mol. The molecular weight excluding hydrogens is 262 g/mol. The summed E-state index contributed by atoms with van der Waals surface area (Å²) in [6, 6.07) is 8.27. The van der Waals surface area contributed by atoms with Crippen molar-refractivity contribution in [2.75, 3.05) is 13.2 Å². The van der Waals surface area contributed by atoms with Gasteiger partial charge in [-0.2, -0.15) is 0 Å². The van der Waals surface area contributed by atoms with Crippen molar-refractivity contribution in [3.8, 4) is 0 Å². The van der Waals surface area contributed by atoms with E-state index in [2.05, 4.69) is 31.3 Å². The van der Waals surface area contributed by atoms with Crippen LogP contribution in [0.2, 0.25) is 0 Å². The van der Waals surface area contributed by atoms with Crippen LogP contribution in [0.1, 0.15) is 50.2 Å². The third-order valence-electron chi connectivity index (χ3n) is 4.27. The fourth-order valence-corrected chi connectivity index (χ4v) is 2.43. The van der Waals surface area contributed by atoms with E-state index in [9.17, 15) is 4.79 Å². The van der Waals surface area contributed by atoms with Gasteiger partial charge in [0.25, 0.3) is 0 Å². The zero-order valence-electron chi connectivity index (χ0n) is 12.9. The zero-order valence-corrected chi connectivity index (χ0v) is 12.9. The predicted octanol–water partition coefficient (Wildman–Crippen LogP) is 3.10. The van der Waals surface area contributed by atoms with Gasteiger partial charge in [-0.3, -0.25) is 4.79 Å². The quantitative estimate of drug-likeness (QED) is 0.757. The van der Waals surface area contributed by atoms with E-state index < -0.39 is 0 Å². The molecule has 1 aliphatic rings. The second kappa shape index (κ2) is 6.90. The average molecular weight is 287 g/mol. The minimum Gasteiger partial charge on any atom is -0.396 e. The molecule has 21 heavy (non-hydrogen) atoms. The maximum absolute atomic E-state index is 11.8. The molecule has 3 nitrogen and oxygen atoms in total. The van der Waals surface area contributed by atoms with E-state index in [1.807, 2.05) is 18.2 Å². The van der Waals surface area contributed by atoms with Crippen LogP contribution < -0.4 is 5.32 Å². The molecule has 1 amide bonds. The summed E-state index contributed by atoms with van der Waals surface area (Å²) in [7, 11) is 0. The number of rotatable bonds is 7. The molecule has 0 atom stereocenters. The third kappa shape index (κ3) is 4.71. The first-order valence-electron chi connectivity index (χ1n) is 7.71. The van der Waals surface area contributed by atoms with E-state index in [4.69, 9.17) is 5.11 Å². The van der Waals surface area contributed by atoms with Gasteiger partial charge in [0.2, 0.25) is 5.91 Å². The molecule has 0 unspecified atom stereocenters. The first kappa shape index (κ1) is 15.8. The maximum atomic E-state index is 11.8. The van der Waals surface area contributed by atoms with Crippen molar-refractivity contribution in [1.29, 1.82) is 0 Å². The SMILES string of the molecule is CC(C)c1ccc(/C=C/C(=O)NCC2(CCO)CC2)cc1. The molecule has 1 fully saturated rings. The van der Waals surface area contributed by atoms with Crippen molar-refractivity contribution in [2.24, 2.45) is 5.41 Å². The number of nitrogens with one attached hydrogen (secondary N) is 1. The van der Waals surface area contributed by atoms with Gasteiger partial charge in [-0.25, -0.2) is 0 Å². The Labute approximate surface area is 127 Å². The topological polar surface area (TPSA) is 49.3 Å². The molecule has 2 rings (SSSR count). The molecule has 0 spiro atoms. The summed E-state index contributed by atoms with van der Waals surface area (Å²) in [6.07, 6.45) is 6.42. The largest absolute Gasteiger partial charge is 0.396 e. The number of carbonyl (C=O) groups excluding carboxylic acids is 1. The van der Waals surface area contributed by atoms with Gasteiger partial charge in [-0.05, 0) is 47.8 Å². The van der Waals surface area contributed by atoms with E-state index in [0.717, 1.165) is 24.8 Å². The third-order valence-corrected chi connectivity index (χ3v) is 4.27. The van der Waals surface area contributed by atoms with Crippen LogP contribution in [-0.2, 0) is 4.79 Å². The Morgan fingerprint density at radius 2 is 2.00 bits per heavy atom. The Morgan fingerprint density at radius 3 is 2.52 bits per heavy atom. The van der Waals surface area contributed by atoms with Gasteiger partial charge < -0.3 is 10.4 Å². The molecule has 0 bridgehead atoms. The molecule has 1 aromatic carbocycles. The molecule has 0 aromatic heterocycles. The number of benzene rings is 1. The first-order chi connectivity index (χ1) is 10.0. The number of hydrogen-bond acceptors (Lipinski definition) is 2. The van der Waals surface area contributed by atoms with Crippen molar-refractivity contribution in [3.63, 3.8) is 0 Å². The van der Waals surface area contributed by atoms with Crippen LogP contribution in [0.15, 0.2) is 30.3 Å². The average Bonchev–Trinajstić information content (AvgIpc) is 3.24. The van der Waals surface area contributed by atoms with E-state index in [0.29, 0.717) is 12.5 Å². The molecular formula is C18H25NO2. The van der Waals surface area contributed by atoms with E-state index in [1.165, 1.54) is 5.56 Å². The highest BCUT2D eigenvalue weighted by atomic mass is 16.3. The van der Waals surface area contributed by atoms with Gasteiger partial charge in [0.05, 0.1) is 0 Å². The van der Waals surface area contributed by atoms with Crippen LogP contribution in [0.3, 0.4) is 0 Å². The number of aliphatic hydroxyl groups excluding tert-OH is 1. The Morgan fingerprint density at radius 1 is 1.33 bits per heavy atom. The smallest absolute Gasteiger partial charge is 0.244 e. The van der Waals surface area contributed by atoms with Crippen molar-refractivity contribution < 1.29 is 9.90 Å². The Balaban J connectivity index is 1.81. The lowest BCUT2D eigenvalue weighted by molar-refractivity contribution is -0.116. The highest BCUT2D eigenvalue weighted by molar-refractivity contribution is 5.91. The first-order valence-corrected chi connectivity index (χ1v) is 7.71. The van der Waals surface area contributed by atoms with Gasteiger partial charge in [0, 0.05) is 19.2 Å². The van der Waals surface area contributed by atoms with Gasteiger partial charge in [-0.1, -0.05) is 38.1 Å². The highest BCUT2D eigenvalue weighted by Crippen LogP contribution is 2.47. The van der Waals surface area contributed by atoms with Gasteiger partial charge in [0.15, 0.2) is 0 Å². The van der Waals surface area contributed by atoms with Crippen molar-refractivity contribution in [1.82, 2.24) is 5.32 Å². The molecule has 0 saturated heterocycles. The van der Waals surface area contributed by atoms with Crippen molar-refractivity contribution >= 4 is 12.0 Å². The van der Waals surface area contributed by atoms with Crippen LogP contribution in [0.25, 0.3) is 6.08 Å². The van der Waals surface area contributed by atoms with E-state index in [-0.39, 0.29) is 17.9 Å². The number of hydrogen-bond donors (Lipinski definition) is 2. The van der Waals surface area contributed by atoms with E-state index >= 15 is 0 Å². The normalized spacial score (nSPS) is 16.4.